The van der Waals surface area contributed by atoms with E-state index in [0.717, 1.165) is 80.2 Å². The molecule has 0 amide bonds. The van der Waals surface area contributed by atoms with Gasteiger partial charge < -0.3 is 15.3 Å². The van der Waals surface area contributed by atoms with Gasteiger partial charge in [0, 0.05) is 31.2 Å². The number of H-pyrrole nitrogens is 1. The molecule has 7 heteroatoms. The quantitative estimate of drug-likeness (QED) is 0.419. The number of nitrogens with zero attached hydrogens (tertiary/aromatic N) is 3. The van der Waals surface area contributed by atoms with E-state index in [1.807, 2.05) is 25.1 Å². The van der Waals surface area contributed by atoms with Gasteiger partial charge in [-0.2, -0.15) is 5.10 Å². The van der Waals surface area contributed by atoms with E-state index in [2.05, 4.69) is 44.7 Å². The number of likely N-dealkylation sites (tertiary alicyclic amines) is 1. The number of carboxylic acids is 1. The fourth-order valence-electron chi connectivity index (χ4n) is 5.51. The zero-order valence-electron chi connectivity index (χ0n) is 20.5. The van der Waals surface area contributed by atoms with Crippen molar-refractivity contribution in [2.24, 2.45) is 5.92 Å². The summed E-state index contributed by atoms with van der Waals surface area (Å²) >= 11 is 0. The van der Waals surface area contributed by atoms with Crippen molar-refractivity contribution in [3.63, 3.8) is 0 Å². The van der Waals surface area contributed by atoms with Crippen LogP contribution in [-0.4, -0.2) is 57.3 Å². The topological polar surface area (TPSA) is 94.1 Å². The van der Waals surface area contributed by atoms with Crippen LogP contribution in [0.4, 0.5) is 5.82 Å². The number of rotatable bonds is 9. The van der Waals surface area contributed by atoms with Gasteiger partial charge in [-0.3, -0.25) is 9.89 Å². The number of nitrogens with one attached hydrogen (secondary N) is 2. The third kappa shape index (κ3) is 5.90. The van der Waals surface area contributed by atoms with Crippen LogP contribution in [-0.2, 0) is 17.6 Å². The van der Waals surface area contributed by atoms with Gasteiger partial charge >= 0.3 is 5.97 Å². The summed E-state index contributed by atoms with van der Waals surface area (Å²) in [6, 6.07) is 14.7. The van der Waals surface area contributed by atoms with E-state index in [4.69, 9.17) is 4.98 Å². The second-order valence-corrected chi connectivity index (χ2v) is 10.1. The molecule has 2 aromatic heterocycles. The number of aliphatic carboxylic acids is 1. The molecule has 1 aromatic carbocycles. The van der Waals surface area contributed by atoms with Crippen LogP contribution in [0.2, 0.25) is 0 Å². The Labute approximate surface area is 207 Å². The van der Waals surface area contributed by atoms with Crippen molar-refractivity contribution in [3.8, 4) is 11.3 Å². The van der Waals surface area contributed by atoms with Gasteiger partial charge in [0.1, 0.15) is 5.82 Å². The Morgan fingerprint density at radius 2 is 2.17 bits per heavy atom. The summed E-state index contributed by atoms with van der Waals surface area (Å²) in [7, 11) is 0. The smallest absolute Gasteiger partial charge is 0.304 e. The zero-order chi connectivity index (χ0) is 24.2. The molecular formula is C28H35N5O2. The molecule has 0 bridgehead atoms. The fraction of sp³-hybridized carbons (Fsp3) is 0.464. The summed E-state index contributed by atoms with van der Waals surface area (Å²) in [5, 5.41) is 20.3. The lowest BCUT2D eigenvalue weighted by molar-refractivity contribution is -0.137. The predicted octanol–water partition coefficient (Wildman–Crippen LogP) is 4.65. The Bertz CT molecular complexity index is 1170. The molecular weight excluding hydrogens is 438 g/mol. The van der Waals surface area contributed by atoms with Gasteiger partial charge in [0.2, 0.25) is 0 Å². The first-order valence-corrected chi connectivity index (χ1v) is 12.8. The zero-order valence-corrected chi connectivity index (χ0v) is 20.5. The first-order valence-electron chi connectivity index (χ1n) is 12.8. The number of carbonyl (C=O) groups is 1. The first kappa shape index (κ1) is 23.5. The highest BCUT2D eigenvalue weighted by Crippen LogP contribution is 2.30. The molecule has 2 aliphatic heterocycles. The number of aromatic amines is 1. The minimum Gasteiger partial charge on any atom is -0.481 e. The Morgan fingerprint density at radius 3 is 3.00 bits per heavy atom. The van der Waals surface area contributed by atoms with E-state index in [9.17, 15) is 9.90 Å². The molecule has 35 heavy (non-hydrogen) atoms. The molecule has 0 unspecified atom stereocenters. The van der Waals surface area contributed by atoms with Crippen LogP contribution in [0.3, 0.4) is 0 Å². The summed E-state index contributed by atoms with van der Waals surface area (Å²) in [6.45, 7) is 5.80. The SMILES string of the molecule is Cc1cc(-c2cccc([C@H](CC(=O)O)CN3CC[C@@H](CCc4ccc5c(n4)NCCC5)C3)c2)[nH]n1. The van der Waals surface area contributed by atoms with Crippen molar-refractivity contribution < 1.29 is 9.90 Å². The van der Waals surface area contributed by atoms with Crippen molar-refractivity contribution in [2.75, 3.05) is 31.5 Å². The van der Waals surface area contributed by atoms with E-state index in [1.54, 1.807) is 0 Å². The number of hydrogen-bond acceptors (Lipinski definition) is 5. The standard InChI is InChI=1S/C28H35N5O2/c1-19-14-26(32-31-19)23-5-2-4-22(15-23)24(16-27(34)35)18-33-13-11-20(17-33)7-9-25-10-8-21-6-3-12-29-28(21)30-25/h2,4-5,8,10,14-15,20,24H,3,6-7,9,11-13,16-18H2,1H3,(H,29,30)(H,31,32)(H,34,35)/t20-,24-/m1/s1. The number of pyridine rings is 1. The summed E-state index contributed by atoms with van der Waals surface area (Å²) in [4.78, 5) is 19.0. The molecule has 7 nitrogen and oxygen atoms in total. The minimum atomic E-state index is -0.749. The second kappa shape index (κ2) is 10.6. The van der Waals surface area contributed by atoms with E-state index in [-0.39, 0.29) is 12.3 Å². The molecule has 2 atom stereocenters. The predicted molar refractivity (Wildman–Crippen MR) is 138 cm³/mol. The van der Waals surface area contributed by atoms with Crippen LogP contribution in [0.5, 0.6) is 0 Å². The average Bonchev–Trinajstić information content (AvgIpc) is 3.51. The molecule has 2 aliphatic rings. The Morgan fingerprint density at radius 1 is 1.26 bits per heavy atom. The van der Waals surface area contributed by atoms with Crippen LogP contribution >= 0.6 is 0 Å². The highest BCUT2D eigenvalue weighted by Gasteiger charge is 2.27. The molecule has 0 aliphatic carbocycles. The monoisotopic (exact) mass is 473 g/mol. The van der Waals surface area contributed by atoms with Gasteiger partial charge in [-0.1, -0.05) is 24.3 Å². The van der Waals surface area contributed by atoms with Crippen LogP contribution in [0, 0.1) is 12.8 Å². The van der Waals surface area contributed by atoms with Crippen molar-refractivity contribution in [2.45, 2.75) is 51.4 Å². The lowest BCUT2D eigenvalue weighted by Crippen LogP contribution is -2.28. The Hall–Kier alpha value is -3.19. The largest absolute Gasteiger partial charge is 0.481 e. The maximum atomic E-state index is 11.7. The van der Waals surface area contributed by atoms with E-state index in [0.29, 0.717) is 5.92 Å². The Balaban J connectivity index is 1.20. The maximum Gasteiger partial charge on any atom is 0.304 e. The molecule has 3 aromatic rings. The van der Waals surface area contributed by atoms with E-state index in [1.165, 1.54) is 17.7 Å². The highest BCUT2D eigenvalue weighted by atomic mass is 16.4. The second-order valence-electron chi connectivity index (χ2n) is 10.1. The molecule has 4 heterocycles. The number of aromatic nitrogens is 3. The summed E-state index contributed by atoms with van der Waals surface area (Å²) in [5.74, 6) is 0.917. The van der Waals surface area contributed by atoms with Gasteiger partial charge in [0.05, 0.1) is 17.8 Å². The minimum absolute atomic E-state index is 0.0383. The number of anilines is 1. The average molecular weight is 474 g/mol. The molecule has 184 valence electrons. The molecule has 1 fully saturated rings. The maximum absolute atomic E-state index is 11.7. The van der Waals surface area contributed by atoms with Crippen molar-refractivity contribution in [1.82, 2.24) is 20.1 Å². The summed E-state index contributed by atoms with van der Waals surface area (Å²) in [5.41, 5.74) is 6.54. The highest BCUT2D eigenvalue weighted by molar-refractivity contribution is 5.68. The molecule has 5 rings (SSSR count). The van der Waals surface area contributed by atoms with Gasteiger partial charge in [-0.25, -0.2) is 4.98 Å². The fourth-order valence-corrected chi connectivity index (χ4v) is 5.51. The van der Waals surface area contributed by atoms with Gasteiger partial charge in [0.15, 0.2) is 0 Å². The Kier molecular flexibility index (Phi) is 7.13. The number of aryl methyl sites for hydroxylation is 3. The van der Waals surface area contributed by atoms with Gasteiger partial charge in [0.25, 0.3) is 0 Å². The van der Waals surface area contributed by atoms with Gasteiger partial charge in [-0.05, 0) is 86.4 Å². The molecule has 0 saturated carbocycles. The third-order valence-corrected chi connectivity index (χ3v) is 7.41. The number of benzene rings is 1. The lowest BCUT2D eigenvalue weighted by Gasteiger charge is -2.23. The summed E-state index contributed by atoms with van der Waals surface area (Å²) in [6.07, 6.45) is 5.73. The first-order chi connectivity index (χ1) is 17.0. The van der Waals surface area contributed by atoms with E-state index < -0.39 is 5.97 Å². The number of fused-ring (bicyclic) bond motifs is 1. The summed E-state index contributed by atoms with van der Waals surface area (Å²) < 4.78 is 0. The molecule has 0 radical (unpaired) electrons. The number of hydrogen-bond donors (Lipinski definition) is 3. The number of carboxylic acid groups (broad SMARTS) is 1. The van der Waals surface area contributed by atoms with Crippen LogP contribution in [0.1, 0.15) is 54.1 Å². The molecule has 1 saturated heterocycles. The lowest BCUT2D eigenvalue weighted by atomic mass is 9.93. The van der Waals surface area contributed by atoms with Crippen molar-refractivity contribution >= 4 is 11.8 Å². The van der Waals surface area contributed by atoms with Crippen molar-refractivity contribution in [3.05, 3.63) is 65.0 Å². The van der Waals surface area contributed by atoms with Crippen LogP contribution in [0.25, 0.3) is 11.3 Å². The van der Waals surface area contributed by atoms with Crippen LogP contribution in [0.15, 0.2) is 42.5 Å². The van der Waals surface area contributed by atoms with Crippen molar-refractivity contribution in [1.29, 1.82) is 0 Å². The molecule has 0 spiro atoms. The van der Waals surface area contributed by atoms with E-state index >= 15 is 0 Å². The van der Waals surface area contributed by atoms with Crippen LogP contribution < -0.4 is 5.32 Å². The third-order valence-electron chi connectivity index (χ3n) is 7.41. The normalized spacial score (nSPS) is 18.7. The molecule has 3 N–H and O–H groups in total. The van der Waals surface area contributed by atoms with Gasteiger partial charge in [-0.15, -0.1) is 0 Å².